The van der Waals surface area contributed by atoms with Gasteiger partial charge in [0.1, 0.15) is 0 Å². The highest BCUT2D eigenvalue weighted by Crippen LogP contribution is 2.32. The second kappa shape index (κ2) is 8.56. The van der Waals surface area contributed by atoms with Crippen molar-refractivity contribution in [2.75, 3.05) is 13.1 Å². The van der Waals surface area contributed by atoms with Gasteiger partial charge in [-0.1, -0.05) is 18.2 Å². The number of hydrogen-bond acceptors (Lipinski definition) is 2. The van der Waals surface area contributed by atoms with Crippen molar-refractivity contribution in [2.45, 2.75) is 38.9 Å². The number of carboxylic acids is 1. The van der Waals surface area contributed by atoms with E-state index in [-0.39, 0.29) is 24.9 Å². The summed E-state index contributed by atoms with van der Waals surface area (Å²) in [5, 5.41) is 11.0. The Morgan fingerprint density at radius 3 is 2.46 bits per heavy atom. The molecular formula is C16H21F3N2O3. The van der Waals surface area contributed by atoms with Crippen LogP contribution in [-0.2, 0) is 17.4 Å². The zero-order chi connectivity index (χ0) is 18.3. The van der Waals surface area contributed by atoms with Gasteiger partial charge in [0.25, 0.3) is 0 Å². The molecule has 0 bridgehead atoms. The van der Waals surface area contributed by atoms with Crippen LogP contribution in [0.3, 0.4) is 0 Å². The van der Waals surface area contributed by atoms with Gasteiger partial charge in [-0.05, 0) is 31.9 Å². The molecule has 2 amide bonds. The Morgan fingerprint density at radius 2 is 1.92 bits per heavy atom. The van der Waals surface area contributed by atoms with Crippen LogP contribution in [0.25, 0.3) is 0 Å². The van der Waals surface area contributed by atoms with E-state index in [1.54, 1.807) is 13.8 Å². The first-order chi connectivity index (χ1) is 11.2. The molecule has 5 nitrogen and oxygen atoms in total. The first kappa shape index (κ1) is 19.8. The first-order valence-electron chi connectivity index (χ1n) is 7.58. The molecule has 1 aromatic rings. The molecule has 0 spiro atoms. The lowest BCUT2D eigenvalue weighted by molar-refractivity contribution is -0.138. The average Bonchev–Trinajstić information content (AvgIpc) is 2.47. The lowest BCUT2D eigenvalue weighted by Gasteiger charge is -2.29. The maximum atomic E-state index is 13.0. The molecule has 0 radical (unpaired) electrons. The topological polar surface area (TPSA) is 69.6 Å². The Morgan fingerprint density at radius 1 is 1.29 bits per heavy atom. The highest BCUT2D eigenvalue weighted by atomic mass is 19.4. The normalized spacial score (nSPS) is 12.5. The Kier molecular flexibility index (Phi) is 7.06. The smallest absolute Gasteiger partial charge is 0.416 e. The minimum atomic E-state index is -4.45. The number of amides is 2. The Balaban J connectivity index is 2.79. The van der Waals surface area contributed by atoms with Gasteiger partial charge in [0, 0.05) is 19.1 Å². The van der Waals surface area contributed by atoms with E-state index in [2.05, 4.69) is 5.32 Å². The zero-order valence-corrected chi connectivity index (χ0v) is 13.6. The molecule has 24 heavy (non-hydrogen) atoms. The van der Waals surface area contributed by atoms with E-state index < -0.39 is 29.8 Å². The third-order valence-electron chi connectivity index (χ3n) is 3.59. The van der Waals surface area contributed by atoms with Crippen LogP contribution in [0, 0.1) is 0 Å². The van der Waals surface area contributed by atoms with Gasteiger partial charge in [0.2, 0.25) is 0 Å². The lowest BCUT2D eigenvalue weighted by Crippen LogP contribution is -2.46. The van der Waals surface area contributed by atoms with Crippen LogP contribution in [-0.4, -0.2) is 41.1 Å². The fourth-order valence-electron chi connectivity index (χ4n) is 2.44. The fraction of sp³-hybridized carbons (Fsp3) is 0.500. The lowest BCUT2D eigenvalue weighted by atomic mass is 10.00. The summed E-state index contributed by atoms with van der Waals surface area (Å²) in [5.41, 5.74) is -0.589. The Labute approximate surface area is 138 Å². The SMILES string of the molecule is CCN(C(=O)NCCC(=O)O)C(C)Cc1ccccc1C(F)(F)F. The molecule has 1 unspecified atom stereocenters. The predicted octanol–water partition coefficient (Wildman–Crippen LogP) is 3.14. The van der Waals surface area contributed by atoms with Crippen LogP contribution in [0.15, 0.2) is 24.3 Å². The number of carbonyl (C=O) groups excluding carboxylic acids is 1. The summed E-state index contributed by atoms with van der Waals surface area (Å²) in [6.45, 7) is 3.64. The number of likely N-dealkylation sites (N-methyl/N-ethyl adjacent to an activating group) is 1. The van der Waals surface area contributed by atoms with E-state index in [0.29, 0.717) is 6.54 Å². The number of nitrogens with zero attached hydrogens (tertiary/aromatic N) is 1. The van der Waals surface area contributed by atoms with Gasteiger partial charge in [0.05, 0.1) is 12.0 Å². The van der Waals surface area contributed by atoms with Crippen molar-refractivity contribution in [2.24, 2.45) is 0 Å². The molecule has 0 saturated heterocycles. The van der Waals surface area contributed by atoms with Gasteiger partial charge in [-0.15, -0.1) is 0 Å². The van der Waals surface area contributed by atoms with E-state index in [1.807, 2.05) is 0 Å². The number of aliphatic carboxylic acids is 1. The molecule has 134 valence electrons. The number of alkyl halides is 3. The van der Waals surface area contributed by atoms with Gasteiger partial charge in [0.15, 0.2) is 0 Å². The highest BCUT2D eigenvalue weighted by Gasteiger charge is 2.33. The van der Waals surface area contributed by atoms with Gasteiger partial charge in [-0.25, -0.2) is 4.79 Å². The quantitative estimate of drug-likeness (QED) is 0.797. The second-order valence-corrected chi connectivity index (χ2v) is 5.37. The van der Waals surface area contributed by atoms with E-state index in [9.17, 15) is 22.8 Å². The van der Waals surface area contributed by atoms with Crippen molar-refractivity contribution < 1.29 is 27.9 Å². The average molecular weight is 346 g/mol. The molecular weight excluding hydrogens is 325 g/mol. The van der Waals surface area contributed by atoms with Crippen molar-refractivity contribution in [1.29, 1.82) is 0 Å². The summed E-state index contributed by atoms with van der Waals surface area (Å²) in [7, 11) is 0. The minimum Gasteiger partial charge on any atom is -0.481 e. The summed E-state index contributed by atoms with van der Waals surface area (Å²) >= 11 is 0. The van der Waals surface area contributed by atoms with Crippen LogP contribution in [0.1, 0.15) is 31.4 Å². The number of rotatable bonds is 7. The molecule has 8 heteroatoms. The largest absolute Gasteiger partial charge is 0.481 e. The van der Waals surface area contributed by atoms with Gasteiger partial charge in [-0.2, -0.15) is 13.2 Å². The van der Waals surface area contributed by atoms with Crippen LogP contribution < -0.4 is 5.32 Å². The molecule has 0 saturated carbocycles. The molecule has 0 aliphatic rings. The van der Waals surface area contributed by atoms with Crippen LogP contribution in [0.2, 0.25) is 0 Å². The number of benzene rings is 1. The Hall–Kier alpha value is -2.25. The molecule has 1 aromatic carbocycles. The summed E-state index contributed by atoms with van der Waals surface area (Å²) in [5.74, 6) is -1.04. The van der Waals surface area contributed by atoms with Crippen LogP contribution >= 0.6 is 0 Å². The summed E-state index contributed by atoms with van der Waals surface area (Å²) in [6, 6.07) is 4.31. The molecule has 0 aliphatic carbocycles. The zero-order valence-electron chi connectivity index (χ0n) is 13.6. The third-order valence-corrected chi connectivity index (χ3v) is 3.59. The highest BCUT2D eigenvalue weighted by molar-refractivity contribution is 5.75. The third kappa shape index (κ3) is 5.75. The maximum Gasteiger partial charge on any atom is 0.416 e. The van der Waals surface area contributed by atoms with Crippen molar-refractivity contribution in [3.8, 4) is 0 Å². The molecule has 1 atom stereocenters. The monoisotopic (exact) mass is 346 g/mol. The number of urea groups is 1. The predicted molar refractivity (Wildman–Crippen MR) is 82.6 cm³/mol. The minimum absolute atomic E-state index is 0.0312. The molecule has 0 aliphatic heterocycles. The number of carbonyl (C=O) groups is 2. The number of nitrogens with one attached hydrogen (secondary N) is 1. The van der Waals surface area contributed by atoms with Crippen LogP contribution in [0.5, 0.6) is 0 Å². The standard InChI is InChI=1S/C16H21F3N2O3/c1-3-21(15(24)20-9-8-14(22)23)11(2)10-12-6-4-5-7-13(12)16(17,18)19/h4-7,11H,3,8-10H2,1-2H3,(H,20,24)(H,22,23). The second-order valence-electron chi connectivity index (χ2n) is 5.37. The molecule has 0 aromatic heterocycles. The van der Waals surface area contributed by atoms with Crippen LogP contribution in [0.4, 0.5) is 18.0 Å². The van der Waals surface area contributed by atoms with Crippen molar-refractivity contribution in [1.82, 2.24) is 10.2 Å². The summed E-state index contributed by atoms with van der Waals surface area (Å²) in [6.07, 6.45) is -4.61. The number of hydrogen-bond donors (Lipinski definition) is 2. The summed E-state index contributed by atoms with van der Waals surface area (Å²) < 4.78 is 39.1. The van der Waals surface area contributed by atoms with E-state index in [0.717, 1.165) is 6.07 Å². The first-order valence-corrected chi connectivity index (χ1v) is 7.58. The molecule has 0 fully saturated rings. The van der Waals surface area contributed by atoms with Gasteiger partial charge in [-0.3, -0.25) is 4.79 Å². The molecule has 2 N–H and O–H groups in total. The van der Waals surface area contributed by atoms with Crippen molar-refractivity contribution in [3.05, 3.63) is 35.4 Å². The number of carboxylic acid groups (broad SMARTS) is 1. The van der Waals surface area contributed by atoms with Gasteiger partial charge < -0.3 is 15.3 Å². The van der Waals surface area contributed by atoms with E-state index in [4.69, 9.17) is 5.11 Å². The van der Waals surface area contributed by atoms with E-state index in [1.165, 1.54) is 23.1 Å². The van der Waals surface area contributed by atoms with Gasteiger partial charge >= 0.3 is 18.2 Å². The summed E-state index contributed by atoms with van der Waals surface area (Å²) in [4.78, 5) is 23.9. The fourth-order valence-corrected chi connectivity index (χ4v) is 2.44. The van der Waals surface area contributed by atoms with Crippen molar-refractivity contribution in [3.63, 3.8) is 0 Å². The molecule has 1 rings (SSSR count). The number of halogens is 3. The Bertz CT molecular complexity index is 576. The maximum absolute atomic E-state index is 13.0. The van der Waals surface area contributed by atoms with Crippen molar-refractivity contribution >= 4 is 12.0 Å². The van der Waals surface area contributed by atoms with E-state index >= 15 is 0 Å². The molecule has 0 heterocycles.